The highest BCUT2D eigenvalue weighted by molar-refractivity contribution is 7.89. The Balaban J connectivity index is 1.57. The fourth-order valence-electron chi connectivity index (χ4n) is 2.81. The number of sulfonamides is 1. The second-order valence-electron chi connectivity index (χ2n) is 5.95. The minimum Gasteiger partial charge on any atom is -0.304 e. The molecule has 132 valence electrons. The third-order valence-electron chi connectivity index (χ3n) is 4.07. The summed E-state index contributed by atoms with van der Waals surface area (Å²) in [6, 6.07) is 1.68. The highest BCUT2D eigenvalue weighted by Crippen LogP contribution is 2.22. The van der Waals surface area contributed by atoms with Gasteiger partial charge in [0.15, 0.2) is 5.65 Å². The van der Waals surface area contributed by atoms with E-state index in [1.54, 1.807) is 12.3 Å². The second-order valence-corrected chi connectivity index (χ2v) is 8.53. The highest BCUT2D eigenvalue weighted by atomic mass is 35.5. The third kappa shape index (κ3) is 4.59. The van der Waals surface area contributed by atoms with E-state index in [0.717, 1.165) is 38.4 Å². The van der Waals surface area contributed by atoms with Crippen molar-refractivity contribution in [3.8, 4) is 0 Å². The van der Waals surface area contributed by atoms with E-state index in [-0.39, 0.29) is 5.75 Å². The zero-order valence-corrected chi connectivity index (χ0v) is 15.4. The van der Waals surface area contributed by atoms with Crippen molar-refractivity contribution in [2.45, 2.75) is 6.54 Å². The summed E-state index contributed by atoms with van der Waals surface area (Å²) >= 11 is 12.2. The molecule has 0 radical (unpaired) electrons. The maximum Gasteiger partial charge on any atom is 0.210 e. The molecule has 24 heavy (non-hydrogen) atoms. The molecule has 0 amide bonds. The number of pyridine rings is 1. The van der Waals surface area contributed by atoms with Crippen molar-refractivity contribution in [3.63, 3.8) is 0 Å². The van der Waals surface area contributed by atoms with Crippen LogP contribution in [0.15, 0.2) is 18.5 Å². The van der Waals surface area contributed by atoms with Crippen molar-refractivity contribution in [3.05, 3.63) is 34.2 Å². The molecule has 2 aromatic heterocycles. The van der Waals surface area contributed by atoms with E-state index in [1.165, 1.54) is 0 Å². The average molecular weight is 392 g/mol. The van der Waals surface area contributed by atoms with Crippen LogP contribution in [0.4, 0.5) is 0 Å². The molecule has 1 aliphatic rings. The molecule has 0 atom stereocenters. The Morgan fingerprint density at radius 1 is 1.12 bits per heavy atom. The number of nitrogens with two attached hydrogens (primary N) is 1. The summed E-state index contributed by atoms with van der Waals surface area (Å²) in [5.74, 6) is -0.00130. The Morgan fingerprint density at radius 3 is 2.46 bits per heavy atom. The van der Waals surface area contributed by atoms with Gasteiger partial charge in [0, 0.05) is 51.7 Å². The van der Waals surface area contributed by atoms with Crippen molar-refractivity contribution in [1.29, 1.82) is 0 Å². The first-order valence-electron chi connectivity index (χ1n) is 7.58. The van der Waals surface area contributed by atoms with Crippen LogP contribution in [0.1, 0.15) is 5.69 Å². The molecule has 3 heterocycles. The van der Waals surface area contributed by atoms with Gasteiger partial charge in [-0.05, 0) is 6.07 Å². The molecule has 1 aliphatic heterocycles. The summed E-state index contributed by atoms with van der Waals surface area (Å²) in [5, 5.41) is 6.14. The maximum absolute atomic E-state index is 11.0. The third-order valence-corrected chi connectivity index (χ3v) is 5.30. The lowest BCUT2D eigenvalue weighted by Crippen LogP contribution is -2.47. The van der Waals surface area contributed by atoms with E-state index in [9.17, 15) is 8.42 Å². The zero-order valence-electron chi connectivity index (χ0n) is 13.0. The fraction of sp³-hybridized carbons (Fsp3) is 0.500. The lowest BCUT2D eigenvalue weighted by Gasteiger charge is -2.34. The van der Waals surface area contributed by atoms with Crippen LogP contribution in [0.2, 0.25) is 10.0 Å². The predicted molar refractivity (Wildman–Crippen MR) is 94.9 cm³/mol. The summed E-state index contributed by atoms with van der Waals surface area (Å²) in [6.45, 7) is 4.54. The van der Waals surface area contributed by atoms with Crippen LogP contribution >= 0.6 is 23.2 Å². The molecule has 3 rings (SSSR count). The molecule has 10 heteroatoms. The normalized spacial score (nSPS) is 17.6. The number of primary sulfonamides is 1. The van der Waals surface area contributed by atoms with Crippen LogP contribution in [0, 0.1) is 0 Å². The van der Waals surface area contributed by atoms with Gasteiger partial charge in [0.25, 0.3) is 0 Å². The summed E-state index contributed by atoms with van der Waals surface area (Å²) in [6.07, 6.45) is 3.71. The lowest BCUT2D eigenvalue weighted by atomic mass is 10.3. The van der Waals surface area contributed by atoms with Crippen LogP contribution in [0.5, 0.6) is 0 Å². The van der Waals surface area contributed by atoms with Gasteiger partial charge in [0.2, 0.25) is 10.0 Å². The SMILES string of the molecule is NS(=O)(=O)CCN1CCN(Cc2cn3cc(Cl)cc(Cl)c3n2)CC1. The van der Waals surface area contributed by atoms with Gasteiger partial charge in [-0.25, -0.2) is 18.5 Å². The van der Waals surface area contributed by atoms with Crippen LogP contribution in [-0.2, 0) is 16.6 Å². The first-order valence-corrected chi connectivity index (χ1v) is 10.0. The molecule has 1 fully saturated rings. The quantitative estimate of drug-likeness (QED) is 0.822. The lowest BCUT2D eigenvalue weighted by molar-refractivity contribution is 0.131. The Labute approximate surface area is 151 Å². The number of hydrogen-bond acceptors (Lipinski definition) is 5. The number of nitrogens with zero attached hydrogens (tertiary/aromatic N) is 4. The molecule has 0 aliphatic carbocycles. The van der Waals surface area contributed by atoms with E-state index >= 15 is 0 Å². The Morgan fingerprint density at radius 2 is 1.79 bits per heavy atom. The summed E-state index contributed by atoms with van der Waals surface area (Å²) in [5.41, 5.74) is 1.63. The van der Waals surface area contributed by atoms with Crippen molar-refractivity contribution < 1.29 is 8.42 Å². The van der Waals surface area contributed by atoms with Crippen LogP contribution < -0.4 is 5.14 Å². The standard InChI is InChI=1S/C14H19Cl2N5O2S/c15-11-7-13(16)14-18-12(10-21(14)8-11)9-20-3-1-19(2-4-20)5-6-24(17,22)23/h7-8,10H,1-6,9H2,(H2,17,22,23). The Bertz CT molecular complexity index is 831. The van der Waals surface area contributed by atoms with Crippen molar-refractivity contribution in [2.24, 2.45) is 5.14 Å². The van der Waals surface area contributed by atoms with Crippen molar-refractivity contribution in [1.82, 2.24) is 19.2 Å². The molecule has 0 bridgehead atoms. The van der Waals surface area contributed by atoms with Gasteiger partial charge in [-0.3, -0.25) is 9.80 Å². The van der Waals surface area contributed by atoms with Gasteiger partial charge < -0.3 is 4.40 Å². The molecular formula is C14H19Cl2N5O2S. The van der Waals surface area contributed by atoms with Crippen molar-refractivity contribution >= 4 is 38.9 Å². The molecule has 0 saturated carbocycles. The minimum atomic E-state index is -3.40. The van der Waals surface area contributed by atoms with Gasteiger partial charge in [0.1, 0.15) is 0 Å². The maximum atomic E-state index is 11.0. The largest absolute Gasteiger partial charge is 0.304 e. The van der Waals surface area contributed by atoms with Crippen LogP contribution in [0.3, 0.4) is 0 Å². The molecule has 0 unspecified atom stereocenters. The van der Waals surface area contributed by atoms with Crippen LogP contribution in [0.25, 0.3) is 5.65 Å². The fourth-order valence-corrected chi connectivity index (χ4v) is 3.85. The van der Waals surface area contributed by atoms with E-state index in [1.807, 2.05) is 10.6 Å². The molecule has 7 nitrogen and oxygen atoms in total. The number of aromatic nitrogens is 2. The van der Waals surface area contributed by atoms with E-state index in [4.69, 9.17) is 28.3 Å². The van der Waals surface area contributed by atoms with E-state index in [2.05, 4.69) is 14.8 Å². The first kappa shape index (κ1) is 17.9. The molecule has 2 aromatic rings. The number of imidazole rings is 1. The molecule has 2 N–H and O–H groups in total. The van der Waals surface area contributed by atoms with Crippen molar-refractivity contribution in [2.75, 3.05) is 38.5 Å². The summed E-state index contributed by atoms with van der Waals surface area (Å²) in [7, 11) is -3.40. The number of hydrogen-bond donors (Lipinski definition) is 1. The summed E-state index contributed by atoms with van der Waals surface area (Å²) in [4.78, 5) is 8.95. The van der Waals surface area contributed by atoms with E-state index in [0.29, 0.717) is 22.2 Å². The number of fused-ring (bicyclic) bond motifs is 1. The first-order chi connectivity index (χ1) is 11.3. The average Bonchev–Trinajstić information content (AvgIpc) is 2.88. The van der Waals surface area contributed by atoms with E-state index < -0.39 is 10.0 Å². The van der Waals surface area contributed by atoms with Gasteiger partial charge in [0.05, 0.1) is 21.5 Å². The Hall–Kier alpha value is -0.900. The molecule has 0 spiro atoms. The highest BCUT2D eigenvalue weighted by Gasteiger charge is 2.19. The minimum absolute atomic E-state index is 0.00130. The molecular weight excluding hydrogens is 373 g/mol. The zero-order chi connectivity index (χ0) is 17.3. The monoisotopic (exact) mass is 391 g/mol. The van der Waals surface area contributed by atoms with Crippen LogP contribution in [-0.4, -0.2) is 66.1 Å². The number of piperazine rings is 1. The van der Waals surface area contributed by atoms with Gasteiger partial charge in [-0.2, -0.15) is 0 Å². The topological polar surface area (TPSA) is 83.9 Å². The Kier molecular flexibility index (Phi) is 5.33. The molecule has 0 aromatic carbocycles. The molecule has 1 saturated heterocycles. The summed E-state index contributed by atoms with van der Waals surface area (Å²) < 4.78 is 23.9. The van der Waals surface area contributed by atoms with Gasteiger partial charge >= 0.3 is 0 Å². The second kappa shape index (κ2) is 7.15. The smallest absolute Gasteiger partial charge is 0.210 e. The van der Waals surface area contributed by atoms with Gasteiger partial charge in [-0.15, -0.1) is 0 Å². The van der Waals surface area contributed by atoms with Gasteiger partial charge in [-0.1, -0.05) is 23.2 Å². The number of halogens is 2. The number of rotatable bonds is 5. The predicted octanol–water partition coefficient (Wildman–Crippen LogP) is 1.05.